The van der Waals surface area contributed by atoms with Crippen molar-refractivity contribution in [1.29, 1.82) is 0 Å². The maximum absolute atomic E-state index is 12.6. The number of carbonyl (C=O) groups is 1. The third-order valence-corrected chi connectivity index (χ3v) is 6.96. The number of ether oxygens (including phenoxy) is 1. The molecule has 7 nitrogen and oxygen atoms in total. The van der Waals surface area contributed by atoms with Crippen LogP contribution in [0.2, 0.25) is 0 Å². The molecule has 4 rings (SSSR count). The summed E-state index contributed by atoms with van der Waals surface area (Å²) in [6.45, 7) is 5.21. The number of thiophene rings is 1. The molecular weight excluding hydrogens is 462 g/mol. The summed E-state index contributed by atoms with van der Waals surface area (Å²) >= 11 is 8.69. The molecule has 2 N–H and O–H groups in total. The molecule has 3 heterocycles. The Morgan fingerprint density at radius 2 is 2.06 bits per heavy atom. The summed E-state index contributed by atoms with van der Waals surface area (Å²) in [5.41, 5.74) is 1.88. The average Bonchev–Trinajstić information content (AvgIpc) is 3.50. The number of rotatable bonds is 9. The molecule has 0 spiro atoms. The van der Waals surface area contributed by atoms with Crippen LogP contribution in [0.3, 0.4) is 0 Å². The summed E-state index contributed by atoms with van der Waals surface area (Å²) < 4.78 is 7.59. The minimum atomic E-state index is -0.110. The molecule has 0 bridgehead atoms. The van der Waals surface area contributed by atoms with Crippen LogP contribution in [0, 0.1) is 11.7 Å². The zero-order valence-electron chi connectivity index (χ0n) is 17.8. The van der Waals surface area contributed by atoms with Crippen LogP contribution >= 0.6 is 34.9 Å². The van der Waals surface area contributed by atoms with Gasteiger partial charge in [0.2, 0.25) is 5.91 Å². The number of amides is 1. The standard InChI is InChI=1S/C22H23N5O2S3/c1-3-29-16-6-4-15(5-7-16)21-25-26-22(30)27(21)12-20(28)23-11-10-17-8-9-19(32-17)18-13-31-14(2)24-18/h4-9,13H,3,10-12H2,1-2H3,(H,23,28)(H,26,30). The molecular formula is C22H23N5O2S3. The molecule has 4 aromatic rings. The Bertz CT molecular complexity index is 1250. The number of nitrogens with zero attached hydrogens (tertiary/aromatic N) is 3. The van der Waals surface area contributed by atoms with Crippen LogP contribution in [-0.2, 0) is 17.8 Å². The van der Waals surface area contributed by atoms with Crippen molar-refractivity contribution in [3.8, 4) is 27.7 Å². The van der Waals surface area contributed by atoms with E-state index in [1.54, 1.807) is 27.2 Å². The number of carbonyl (C=O) groups excluding carboxylic acids is 1. The van der Waals surface area contributed by atoms with E-state index in [0.29, 0.717) is 23.7 Å². The van der Waals surface area contributed by atoms with Crippen molar-refractivity contribution in [2.45, 2.75) is 26.8 Å². The molecule has 32 heavy (non-hydrogen) atoms. The second kappa shape index (κ2) is 10.2. The van der Waals surface area contributed by atoms with E-state index in [0.717, 1.165) is 33.3 Å². The van der Waals surface area contributed by atoms with Gasteiger partial charge in [0, 0.05) is 22.4 Å². The Hall–Kier alpha value is -2.82. The number of benzene rings is 1. The molecule has 0 saturated carbocycles. The maximum Gasteiger partial charge on any atom is 0.240 e. The van der Waals surface area contributed by atoms with Crippen molar-refractivity contribution >= 4 is 40.8 Å². The zero-order chi connectivity index (χ0) is 22.5. The summed E-state index contributed by atoms with van der Waals surface area (Å²) in [4.78, 5) is 19.5. The van der Waals surface area contributed by atoms with Crippen molar-refractivity contribution in [1.82, 2.24) is 25.1 Å². The second-order valence-electron chi connectivity index (χ2n) is 7.01. The molecule has 0 atom stereocenters. The smallest absolute Gasteiger partial charge is 0.240 e. The molecule has 0 fully saturated rings. The van der Waals surface area contributed by atoms with Crippen molar-refractivity contribution in [3.05, 3.63) is 56.4 Å². The van der Waals surface area contributed by atoms with Gasteiger partial charge in [0.25, 0.3) is 0 Å². The fourth-order valence-corrected chi connectivity index (χ4v) is 5.05. The first-order valence-electron chi connectivity index (χ1n) is 10.2. The number of H-pyrrole nitrogens is 1. The summed E-state index contributed by atoms with van der Waals surface area (Å²) in [7, 11) is 0. The van der Waals surface area contributed by atoms with Crippen LogP contribution in [0.4, 0.5) is 0 Å². The Labute approximate surface area is 199 Å². The number of hydrogen-bond donors (Lipinski definition) is 2. The normalized spacial score (nSPS) is 10.9. The summed E-state index contributed by atoms with van der Waals surface area (Å²) in [5, 5.41) is 13.2. The van der Waals surface area contributed by atoms with Crippen molar-refractivity contribution in [2.75, 3.05) is 13.2 Å². The highest BCUT2D eigenvalue weighted by Gasteiger charge is 2.13. The summed E-state index contributed by atoms with van der Waals surface area (Å²) in [6, 6.07) is 11.7. The lowest BCUT2D eigenvalue weighted by Gasteiger charge is -2.09. The molecule has 0 saturated heterocycles. The minimum Gasteiger partial charge on any atom is -0.494 e. The van der Waals surface area contributed by atoms with Crippen molar-refractivity contribution in [3.63, 3.8) is 0 Å². The van der Waals surface area contributed by atoms with Gasteiger partial charge in [-0.05, 0) is 68.9 Å². The van der Waals surface area contributed by atoms with Crippen LogP contribution in [0.5, 0.6) is 5.75 Å². The van der Waals surface area contributed by atoms with Crippen molar-refractivity contribution < 1.29 is 9.53 Å². The number of thiazole rings is 1. The van der Waals surface area contributed by atoms with E-state index in [4.69, 9.17) is 17.0 Å². The van der Waals surface area contributed by atoms with Gasteiger partial charge in [0.15, 0.2) is 10.6 Å². The topological polar surface area (TPSA) is 84.8 Å². The van der Waals surface area contributed by atoms with E-state index in [2.05, 4.69) is 38.0 Å². The van der Waals surface area contributed by atoms with E-state index >= 15 is 0 Å². The fraction of sp³-hybridized carbons (Fsp3) is 0.273. The van der Waals surface area contributed by atoms with Crippen LogP contribution in [0.25, 0.3) is 22.0 Å². The monoisotopic (exact) mass is 485 g/mol. The largest absolute Gasteiger partial charge is 0.494 e. The van der Waals surface area contributed by atoms with Gasteiger partial charge in [-0.25, -0.2) is 4.98 Å². The molecule has 1 aromatic carbocycles. The molecule has 3 aromatic heterocycles. The first-order chi connectivity index (χ1) is 15.5. The lowest BCUT2D eigenvalue weighted by molar-refractivity contribution is -0.121. The van der Waals surface area contributed by atoms with Gasteiger partial charge in [-0.15, -0.1) is 22.7 Å². The number of aromatic amines is 1. The lowest BCUT2D eigenvalue weighted by atomic mass is 10.2. The lowest BCUT2D eigenvalue weighted by Crippen LogP contribution is -2.29. The predicted octanol–water partition coefficient (Wildman–Crippen LogP) is 4.86. The predicted molar refractivity (Wildman–Crippen MR) is 131 cm³/mol. The molecule has 0 aliphatic rings. The third-order valence-electron chi connectivity index (χ3n) is 4.71. The Morgan fingerprint density at radius 1 is 1.25 bits per heavy atom. The van der Waals surface area contributed by atoms with Gasteiger partial charge in [-0.3, -0.25) is 14.5 Å². The van der Waals surface area contributed by atoms with Crippen LogP contribution in [0.1, 0.15) is 16.8 Å². The zero-order valence-corrected chi connectivity index (χ0v) is 20.2. The van der Waals surface area contributed by atoms with Gasteiger partial charge < -0.3 is 10.1 Å². The van der Waals surface area contributed by atoms with Crippen LogP contribution in [-0.4, -0.2) is 38.8 Å². The molecule has 1 amide bonds. The fourth-order valence-electron chi connectivity index (χ4n) is 3.20. The van der Waals surface area contributed by atoms with E-state index in [9.17, 15) is 4.79 Å². The summed E-state index contributed by atoms with van der Waals surface area (Å²) in [6.07, 6.45) is 0.766. The number of aromatic nitrogens is 4. The quantitative estimate of drug-likeness (QED) is 0.331. The van der Waals surface area contributed by atoms with Gasteiger partial charge in [0.1, 0.15) is 12.3 Å². The molecule has 0 unspecified atom stereocenters. The Morgan fingerprint density at radius 3 is 2.78 bits per heavy atom. The van der Waals surface area contributed by atoms with Gasteiger partial charge in [0.05, 0.1) is 22.2 Å². The Balaban J connectivity index is 1.34. The molecule has 166 valence electrons. The second-order valence-corrected chi connectivity index (χ2v) is 9.63. The number of aryl methyl sites for hydroxylation is 1. The number of nitrogens with one attached hydrogen (secondary N) is 2. The van der Waals surface area contributed by atoms with Gasteiger partial charge in [-0.2, -0.15) is 5.10 Å². The SMILES string of the molecule is CCOc1ccc(-c2n[nH]c(=S)n2CC(=O)NCCc2ccc(-c3csc(C)n3)s2)cc1. The van der Waals surface area contributed by atoms with Crippen LogP contribution < -0.4 is 10.1 Å². The molecule has 0 aliphatic carbocycles. The van der Waals surface area contributed by atoms with Gasteiger partial charge >= 0.3 is 0 Å². The minimum absolute atomic E-state index is 0.103. The third kappa shape index (κ3) is 5.32. The molecule has 0 radical (unpaired) electrons. The van der Waals surface area contributed by atoms with E-state index in [1.165, 1.54) is 4.88 Å². The molecule has 0 aliphatic heterocycles. The van der Waals surface area contributed by atoms with Crippen LogP contribution in [0.15, 0.2) is 41.8 Å². The van der Waals surface area contributed by atoms with E-state index in [1.807, 2.05) is 38.1 Å². The highest BCUT2D eigenvalue weighted by molar-refractivity contribution is 7.71. The first kappa shape index (κ1) is 22.4. The highest BCUT2D eigenvalue weighted by atomic mass is 32.1. The van der Waals surface area contributed by atoms with E-state index in [-0.39, 0.29) is 12.5 Å². The van der Waals surface area contributed by atoms with E-state index < -0.39 is 0 Å². The Kier molecular flexibility index (Phi) is 7.13. The highest BCUT2D eigenvalue weighted by Crippen LogP contribution is 2.29. The summed E-state index contributed by atoms with van der Waals surface area (Å²) in [5.74, 6) is 1.30. The average molecular weight is 486 g/mol. The molecule has 10 heteroatoms. The van der Waals surface area contributed by atoms with Crippen molar-refractivity contribution in [2.24, 2.45) is 0 Å². The number of hydrogen-bond acceptors (Lipinski definition) is 7. The van der Waals surface area contributed by atoms with Gasteiger partial charge in [-0.1, -0.05) is 0 Å². The maximum atomic E-state index is 12.6. The first-order valence-corrected chi connectivity index (χ1v) is 12.3.